The zero-order chi connectivity index (χ0) is 21.3. The number of nitrogens with one attached hydrogen (secondary N) is 1. The molecule has 0 aliphatic carbocycles. The van der Waals surface area contributed by atoms with Crippen molar-refractivity contribution in [3.05, 3.63) is 64.7 Å². The van der Waals surface area contributed by atoms with Crippen LogP contribution in [-0.2, 0) is 4.79 Å². The van der Waals surface area contributed by atoms with Crippen LogP contribution in [0.15, 0.2) is 47.5 Å². The van der Waals surface area contributed by atoms with Gasteiger partial charge >= 0.3 is 0 Å². The van der Waals surface area contributed by atoms with Crippen molar-refractivity contribution in [1.82, 2.24) is 0 Å². The molecule has 0 radical (unpaired) electrons. The number of aryl methyl sites for hydroxylation is 2. The molecular formula is C25H30N3O2+. The third-order valence-corrected chi connectivity index (χ3v) is 6.34. The summed E-state index contributed by atoms with van der Waals surface area (Å²) < 4.78 is 0. The minimum atomic E-state index is -0.536. The first kappa shape index (κ1) is 20.5. The van der Waals surface area contributed by atoms with E-state index < -0.39 is 5.92 Å². The largest absolute Gasteiger partial charge is 0.331 e. The summed E-state index contributed by atoms with van der Waals surface area (Å²) in [5.41, 5.74) is 4.02. The molecule has 1 fully saturated rings. The lowest BCUT2D eigenvalue weighted by molar-refractivity contribution is -0.908. The first-order valence-electron chi connectivity index (χ1n) is 10.9. The van der Waals surface area contributed by atoms with E-state index in [0.717, 1.165) is 29.8 Å². The van der Waals surface area contributed by atoms with Crippen molar-refractivity contribution >= 4 is 23.7 Å². The van der Waals surface area contributed by atoms with Crippen molar-refractivity contribution in [2.24, 2.45) is 4.99 Å². The summed E-state index contributed by atoms with van der Waals surface area (Å²) in [4.78, 5) is 34.3. The number of rotatable bonds is 5. The van der Waals surface area contributed by atoms with Crippen molar-refractivity contribution in [2.75, 3.05) is 24.5 Å². The van der Waals surface area contributed by atoms with Crippen LogP contribution in [-0.4, -0.2) is 43.7 Å². The molecule has 5 heteroatoms. The summed E-state index contributed by atoms with van der Waals surface area (Å²) in [5, 5.41) is 0. The Hall–Kier alpha value is -2.79. The van der Waals surface area contributed by atoms with Gasteiger partial charge in [-0.2, -0.15) is 0 Å². The van der Waals surface area contributed by atoms with Crippen LogP contribution in [0.3, 0.4) is 0 Å². The number of anilines is 1. The molecule has 2 aromatic rings. The molecule has 3 atom stereocenters. The van der Waals surface area contributed by atoms with E-state index in [0.29, 0.717) is 17.3 Å². The van der Waals surface area contributed by atoms with Gasteiger partial charge in [0.15, 0.2) is 0 Å². The highest BCUT2D eigenvalue weighted by Gasteiger charge is 2.39. The summed E-state index contributed by atoms with van der Waals surface area (Å²) >= 11 is 0. The smallest absolute Gasteiger partial charge is 0.265 e. The molecule has 4 rings (SSSR count). The SMILES string of the molecule is CC[NH+]1CCC[C@@H]1CN=CC1C(=O)N(c2cc(C)cc(C)c2)C(=O)c2ccccc21. The molecule has 2 aromatic carbocycles. The lowest BCUT2D eigenvalue weighted by atomic mass is 9.88. The molecule has 2 aliphatic heterocycles. The van der Waals surface area contributed by atoms with Gasteiger partial charge in [-0.05, 0) is 55.7 Å². The first-order valence-corrected chi connectivity index (χ1v) is 10.9. The Labute approximate surface area is 178 Å². The predicted molar refractivity (Wildman–Crippen MR) is 120 cm³/mol. The van der Waals surface area contributed by atoms with Crippen molar-refractivity contribution < 1.29 is 14.5 Å². The van der Waals surface area contributed by atoms with Gasteiger partial charge in [-0.1, -0.05) is 24.3 Å². The Kier molecular flexibility index (Phi) is 5.82. The molecule has 2 aliphatic rings. The molecule has 5 nitrogen and oxygen atoms in total. The van der Waals surface area contributed by atoms with Crippen molar-refractivity contribution in [2.45, 2.75) is 45.6 Å². The third kappa shape index (κ3) is 3.82. The van der Waals surface area contributed by atoms with Crippen LogP contribution < -0.4 is 9.80 Å². The van der Waals surface area contributed by atoms with Crippen molar-refractivity contribution in [3.63, 3.8) is 0 Å². The predicted octanol–water partition coefficient (Wildman–Crippen LogP) is 2.71. The molecule has 1 saturated heterocycles. The minimum absolute atomic E-state index is 0.224. The summed E-state index contributed by atoms with van der Waals surface area (Å²) in [7, 11) is 0. The quantitative estimate of drug-likeness (QED) is 0.615. The average molecular weight is 405 g/mol. The monoisotopic (exact) mass is 404 g/mol. The topological polar surface area (TPSA) is 54.2 Å². The molecule has 2 amide bonds. The number of nitrogens with zero attached hydrogens (tertiary/aromatic N) is 2. The average Bonchev–Trinajstić information content (AvgIpc) is 3.17. The number of quaternary nitrogens is 1. The Morgan fingerprint density at radius 3 is 2.60 bits per heavy atom. The van der Waals surface area contributed by atoms with Gasteiger partial charge in [0.1, 0.15) is 6.04 Å². The summed E-state index contributed by atoms with van der Waals surface area (Å²) in [6, 6.07) is 13.8. The van der Waals surface area contributed by atoms with E-state index in [2.05, 4.69) is 6.92 Å². The Bertz CT molecular complexity index is 977. The molecule has 30 heavy (non-hydrogen) atoms. The fourth-order valence-corrected chi connectivity index (χ4v) is 4.89. The molecule has 2 heterocycles. The highest BCUT2D eigenvalue weighted by Crippen LogP contribution is 2.32. The normalized spacial score (nSPS) is 24.0. The minimum Gasteiger partial charge on any atom is -0.331 e. The maximum absolute atomic E-state index is 13.5. The third-order valence-electron chi connectivity index (χ3n) is 6.34. The van der Waals surface area contributed by atoms with E-state index >= 15 is 0 Å². The number of aliphatic imine (C=N–C) groups is 1. The fourth-order valence-electron chi connectivity index (χ4n) is 4.89. The van der Waals surface area contributed by atoms with E-state index in [1.807, 2.05) is 50.2 Å². The number of likely N-dealkylation sites (N-methyl/N-ethyl adjacent to an activating group) is 1. The van der Waals surface area contributed by atoms with Crippen LogP contribution in [0, 0.1) is 13.8 Å². The van der Waals surface area contributed by atoms with Crippen LogP contribution >= 0.6 is 0 Å². The van der Waals surface area contributed by atoms with E-state index in [-0.39, 0.29) is 11.8 Å². The lowest BCUT2D eigenvalue weighted by Crippen LogP contribution is -3.13. The summed E-state index contributed by atoms with van der Waals surface area (Å²) in [6.07, 6.45) is 4.20. The van der Waals surface area contributed by atoms with Gasteiger partial charge in [0.2, 0.25) is 5.91 Å². The molecule has 0 saturated carbocycles. The van der Waals surface area contributed by atoms with Crippen LogP contribution in [0.2, 0.25) is 0 Å². The molecular weight excluding hydrogens is 374 g/mol. The number of carbonyl (C=O) groups excluding carboxylic acids is 2. The van der Waals surface area contributed by atoms with Gasteiger partial charge in [-0.15, -0.1) is 0 Å². The van der Waals surface area contributed by atoms with E-state index in [4.69, 9.17) is 4.99 Å². The number of amides is 2. The van der Waals surface area contributed by atoms with Crippen LogP contribution in [0.4, 0.5) is 5.69 Å². The van der Waals surface area contributed by atoms with Crippen LogP contribution in [0.5, 0.6) is 0 Å². The van der Waals surface area contributed by atoms with Gasteiger partial charge < -0.3 is 4.90 Å². The van der Waals surface area contributed by atoms with Crippen molar-refractivity contribution in [1.29, 1.82) is 0 Å². The van der Waals surface area contributed by atoms with Crippen LogP contribution in [0.1, 0.15) is 52.7 Å². The second-order valence-corrected chi connectivity index (χ2v) is 8.50. The number of fused-ring (bicyclic) bond motifs is 1. The second-order valence-electron chi connectivity index (χ2n) is 8.50. The van der Waals surface area contributed by atoms with Gasteiger partial charge in [0.25, 0.3) is 5.91 Å². The zero-order valence-corrected chi connectivity index (χ0v) is 18.0. The number of carbonyl (C=O) groups is 2. The van der Waals surface area contributed by atoms with Gasteiger partial charge in [-0.3, -0.25) is 14.6 Å². The standard InChI is InChI=1S/C25H29N3O2/c1-4-27-11-7-8-19(27)15-26-16-23-21-9-5-6-10-22(21)24(29)28(25(23)30)20-13-17(2)12-18(3)14-20/h5-6,9-10,12-14,16,19,23H,4,7-8,11,15H2,1-3H3/p+1/t19-,23?/m1/s1. The maximum Gasteiger partial charge on any atom is 0.265 e. The maximum atomic E-state index is 13.5. The molecule has 1 N–H and O–H groups in total. The highest BCUT2D eigenvalue weighted by molar-refractivity contribution is 6.29. The zero-order valence-electron chi connectivity index (χ0n) is 18.0. The Morgan fingerprint density at radius 1 is 1.13 bits per heavy atom. The summed E-state index contributed by atoms with van der Waals surface area (Å²) in [6.45, 7) is 9.22. The molecule has 0 spiro atoms. The second kappa shape index (κ2) is 8.52. The Balaban J connectivity index is 1.67. The fraction of sp³-hybridized carbons (Fsp3) is 0.400. The number of likely N-dealkylation sites (tertiary alicyclic amines) is 1. The number of hydrogen-bond acceptors (Lipinski definition) is 3. The first-order chi connectivity index (χ1) is 14.5. The number of benzene rings is 2. The molecule has 0 aromatic heterocycles. The van der Waals surface area contributed by atoms with E-state index in [9.17, 15) is 9.59 Å². The molecule has 0 bridgehead atoms. The Morgan fingerprint density at radius 2 is 1.87 bits per heavy atom. The number of imide groups is 1. The van der Waals surface area contributed by atoms with Crippen LogP contribution in [0.25, 0.3) is 0 Å². The van der Waals surface area contributed by atoms with Gasteiger partial charge in [0, 0.05) is 24.6 Å². The van der Waals surface area contributed by atoms with E-state index in [1.165, 1.54) is 24.3 Å². The van der Waals surface area contributed by atoms with E-state index in [1.54, 1.807) is 17.2 Å². The highest BCUT2D eigenvalue weighted by atomic mass is 16.2. The lowest BCUT2D eigenvalue weighted by Gasteiger charge is -2.31. The van der Waals surface area contributed by atoms with Gasteiger partial charge in [0.05, 0.1) is 31.2 Å². The van der Waals surface area contributed by atoms with Crippen molar-refractivity contribution in [3.8, 4) is 0 Å². The van der Waals surface area contributed by atoms with Gasteiger partial charge in [-0.25, -0.2) is 4.90 Å². The molecule has 156 valence electrons. The number of hydrogen-bond donors (Lipinski definition) is 1. The molecule has 2 unspecified atom stereocenters. The summed E-state index contributed by atoms with van der Waals surface area (Å²) in [5.74, 6) is -1.02.